The van der Waals surface area contributed by atoms with E-state index in [4.69, 9.17) is 9.47 Å². The molecule has 7 heteroatoms. The molecule has 1 N–H and O–H groups in total. The van der Waals surface area contributed by atoms with Gasteiger partial charge in [0.2, 0.25) is 0 Å². The van der Waals surface area contributed by atoms with Gasteiger partial charge in [0.25, 0.3) is 5.91 Å². The largest absolute Gasteiger partial charge is 0.504 e. The molecule has 0 unspecified atom stereocenters. The minimum absolute atomic E-state index is 0.0432. The van der Waals surface area contributed by atoms with Gasteiger partial charge in [0, 0.05) is 13.1 Å². The molecule has 0 radical (unpaired) electrons. The number of phenolic OH excluding ortho intramolecular Hbond substituents is 1. The van der Waals surface area contributed by atoms with Crippen LogP contribution < -0.4 is 4.74 Å². The van der Waals surface area contributed by atoms with Crippen LogP contribution in [-0.4, -0.2) is 54.5 Å². The van der Waals surface area contributed by atoms with Gasteiger partial charge in [-0.1, -0.05) is 6.07 Å². The van der Waals surface area contributed by atoms with Gasteiger partial charge in [0.05, 0.1) is 25.2 Å². The number of morpholine rings is 1. The topological polar surface area (TPSA) is 71.4 Å². The highest BCUT2D eigenvalue weighted by molar-refractivity contribution is 8.18. The van der Waals surface area contributed by atoms with Crippen LogP contribution in [0, 0.1) is 0 Å². The average Bonchev–Trinajstić information content (AvgIpc) is 2.89. The van der Waals surface area contributed by atoms with Crippen LogP contribution in [0.15, 0.2) is 28.1 Å². The van der Waals surface area contributed by atoms with Crippen LogP contribution in [0.4, 0.5) is 0 Å². The molecule has 2 heterocycles. The summed E-state index contributed by atoms with van der Waals surface area (Å²) in [5.41, 5.74) is 0.729. The molecule has 3 rings (SSSR count). The van der Waals surface area contributed by atoms with Crippen molar-refractivity contribution in [2.75, 3.05) is 33.4 Å². The fourth-order valence-electron chi connectivity index (χ4n) is 2.24. The van der Waals surface area contributed by atoms with Crippen LogP contribution in [0.1, 0.15) is 5.56 Å². The van der Waals surface area contributed by atoms with E-state index in [1.807, 2.05) is 0 Å². The molecule has 116 valence electrons. The normalized spacial score (nSPS) is 20.4. The summed E-state index contributed by atoms with van der Waals surface area (Å²) in [6, 6.07) is 5.01. The molecular weight excluding hydrogens is 304 g/mol. The molecule has 1 fully saturated rings. The summed E-state index contributed by atoms with van der Waals surface area (Å²) in [4.78, 5) is 18.7. The Kier molecular flexibility index (Phi) is 4.35. The molecule has 1 aromatic rings. The summed E-state index contributed by atoms with van der Waals surface area (Å²) in [5, 5.41) is 10.5. The Morgan fingerprint density at radius 1 is 1.41 bits per heavy atom. The minimum atomic E-state index is -0.248. The maximum atomic E-state index is 12.0. The van der Waals surface area contributed by atoms with E-state index in [-0.39, 0.29) is 11.7 Å². The number of hydrogen-bond acceptors (Lipinski definition) is 6. The smallest absolute Gasteiger partial charge is 0.286 e. The molecule has 0 bridgehead atoms. The predicted molar refractivity (Wildman–Crippen MR) is 85.1 cm³/mol. The summed E-state index contributed by atoms with van der Waals surface area (Å²) in [5.74, 6) is 0.196. The first-order chi connectivity index (χ1) is 10.7. The van der Waals surface area contributed by atoms with Crippen molar-refractivity contribution in [2.24, 2.45) is 4.99 Å². The number of thioether (sulfide) groups is 1. The van der Waals surface area contributed by atoms with E-state index in [1.54, 1.807) is 24.3 Å². The zero-order valence-corrected chi connectivity index (χ0v) is 12.9. The third-order valence-corrected chi connectivity index (χ3v) is 4.44. The number of amides is 1. The van der Waals surface area contributed by atoms with Gasteiger partial charge in [-0.25, -0.2) is 0 Å². The highest BCUT2D eigenvalue weighted by atomic mass is 32.2. The second-order valence-corrected chi connectivity index (χ2v) is 5.85. The van der Waals surface area contributed by atoms with Gasteiger partial charge in [0.15, 0.2) is 16.7 Å². The molecule has 22 heavy (non-hydrogen) atoms. The van der Waals surface area contributed by atoms with Crippen molar-refractivity contribution in [1.29, 1.82) is 0 Å². The molecule has 1 saturated heterocycles. The van der Waals surface area contributed by atoms with Gasteiger partial charge in [-0.3, -0.25) is 4.79 Å². The highest BCUT2D eigenvalue weighted by Gasteiger charge is 2.27. The number of phenols is 1. The first kappa shape index (κ1) is 14.9. The van der Waals surface area contributed by atoms with E-state index in [9.17, 15) is 9.90 Å². The molecular formula is C15H16N2O4S. The van der Waals surface area contributed by atoms with Crippen LogP contribution in [0.3, 0.4) is 0 Å². The van der Waals surface area contributed by atoms with Gasteiger partial charge in [0.1, 0.15) is 0 Å². The summed E-state index contributed by atoms with van der Waals surface area (Å²) < 4.78 is 10.3. The lowest BCUT2D eigenvalue weighted by Crippen LogP contribution is -2.38. The lowest BCUT2D eigenvalue weighted by molar-refractivity contribution is -0.113. The Bertz CT molecular complexity index is 651. The number of aromatic hydroxyl groups is 1. The zero-order valence-electron chi connectivity index (χ0n) is 12.1. The van der Waals surface area contributed by atoms with Gasteiger partial charge in [-0.05, 0) is 35.5 Å². The maximum Gasteiger partial charge on any atom is 0.286 e. The second kappa shape index (κ2) is 6.41. The van der Waals surface area contributed by atoms with Crippen LogP contribution in [-0.2, 0) is 9.53 Å². The van der Waals surface area contributed by atoms with E-state index in [0.717, 1.165) is 23.8 Å². The molecule has 1 amide bonds. The highest BCUT2D eigenvalue weighted by Crippen LogP contribution is 2.32. The summed E-state index contributed by atoms with van der Waals surface area (Å²) in [6.45, 7) is 2.80. The maximum absolute atomic E-state index is 12.0. The number of benzene rings is 1. The number of carbonyl (C=O) groups is 1. The van der Waals surface area contributed by atoms with Crippen molar-refractivity contribution in [3.63, 3.8) is 0 Å². The predicted octanol–water partition coefficient (Wildman–Crippen LogP) is 1.70. The van der Waals surface area contributed by atoms with Crippen molar-refractivity contribution >= 4 is 28.9 Å². The third-order valence-electron chi connectivity index (χ3n) is 3.39. The number of nitrogens with zero attached hydrogens (tertiary/aromatic N) is 2. The molecule has 2 aliphatic heterocycles. The number of amidine groups is 1. The van der Waals surface area contributed by atoms with Crippen molar-refractivity contribution in [2.45, 2.75) is 0 Å². The van der Waals surface area contributed by atoms with Crippen molar-refractivity contribution in [3.05, 3.63) is 28.7 Å². The number of ether oxygens (including phenoxy) is 2. The molecule has 0 saturated carbocycles. The number of methoxy groups -OCH3 is 1. The first-order valence-corrected chi connectivity index (χ1v) is 7.71. The molecule has 1 aromatic carbocycles. The number of hydrogen-bond donors (Lipinski definition) is 1. The molecule has 0 spiro atoms. The van der Waals surface area contributed by atoms with Gasteiger partial charge >= 0.3 is 0 Å². The minimum Gasteiger partial charge on any atom is -0.504 e. The van der Waals surface area contributed by atoms with E-state index in [0.29, 0.717) is 23.9 Å². The van der Waals surface area contributed by atoms with Crippen LogP contribution in [0.5, 0.6) is 11.5 Å². The monoisotopic (exact) mass is 320 g/mol. The summed E-state index contributed by atoms with van der Waals surface area (Å²) >= 11 is 1.35. The molecule has 0 atom stereocenters. The molecule has 6 nitrogen and oxygen atoms in total. The van der Waals surface area contributed by atoms with Crippen molar-refractivity contribution in [3.8, 4) is 11.5 Å². The fourth-order valence-corrected chi connectivity index (χ4v) is 3.20. The standard InChI is InChI=1S/C15H16N2O4S/c1-20-12-3-2-10(8-11(12)18)9-13-14(19)16-15(22-13)17-4-6-21-7-5-17/h2-3,8-9,18H,4-7H2,1H3/b13-9-. The quantitative estimate of drug-likeness (QED) is 0.837. The number of aliphatic imine (C=N–C) groups is 1. The number of rotatable bonds is 2. The fraction of sp³-hybridized carbons (Fsp3) is 0.333. The molecule has 2 aliphatic rings. The Balaban J connectivity index is 1.76. The number of carbonyl (C=O) groups excluding carboxylic acids is 1. The average molecular weight is 320 g/mol. The van der Waals surface area contributed by atoms with Crippen LogP contribution in [0.2, 0.25) is 0 Å². The lowest BCUT2D eigenvalue weighted by atomic mass is 10.2. The van der Waals surface area contributed by atoms with E-state index >= 15 is 0 Å². The SMILES string of the molecule is COc1ccc(/C=C2\SC(N3CCOCC3)=NC2=O)cc1O. The Morgan fingerprint density at radius 2 is 2.18 bits per heavy atom. The van der Waals surface area contributed by atoms with Gasteiger partial charge in [-0.2, -0.15) is 4.99 Å². The Morgan fingerprint density at radius 3 is 2.86 bits per heavy atom. The van der Waals surface area contributed by atoms with Gasteiger partial charge in [-0.15, -0.1) is 0 Å². The lowest BCUT2D eigenvalue weighted by Gasteiger charge is -2.27. The molecule has 0 aromatic heterocycles. The zero-order chi connectivity index (χ0) is 15.5. The van der Waals surface area contributed by atoms with Crippen LogP contribution in [0.25, 0.3) is 6.08 Å². The van der Waals surface area contributed by atoms with Crippen molar-refractivity contribution in [1.82, 2.24) is 4.90 Å². The third kappa shape index (κ3) is 3.10. The van der Waals surface area contributed by atoms with Crippen LogP contribution >= 0.6 is 11.8 Å². The Labute approximate surface area is 132 Å². The van der Waals surface area contributed by atoms with E-state index in [1.165, 1.54) is 18.9 Å². The summed E-state index contributed by atoms with van der Waals surface area (Å²) in [7, 11) is 1.49. The van der Waals surface area contributed by atoms with E-state index in [2.05, 4.69) is 9.89 Å². The second-order valence-electron chi connectivity index (χ2n) is 4.84. The first-order valence-electron chi connectivity index (χ1n) is 6.89. The summed E-state index contributed by atoms with van der Waals surface area (Å²) in [6.07, 6.45) is 1.73. The van der Waals surface area contributed by atoms with Crippen molar-refractivity contribution < 1.29 is 19.4 Å². The Hall–Kier alpha value is -1.99. The molecule has 0 aliphatic carbocycles. The van der Waals surface area contributed by atoms with Gasteiger partial charge < -0.3 is 19.5 Å². The van der Waals surface area contributed by atoms with E-state index < -0.39 is 0 Å².